The number of nitrogens with zero attached hydrogens (tertiary/aromatic N) is 2. The third kappa shape index (κ3) is 3.48. The van der Waals surface area contributed by atoms with E-state index in [1.807, 2.05) is 86.1 Å². The summed E-state index contributed by atoms with van der Waals surface area (Å²) in [6, 6.07) is 19.8. The molecule has 128 valence electrons. The number of anilines is 1. The van der Waals surface area contributed by atoms with Crippen LogP contribution in [0.15, 0.2) is 60.7 Å². The summed E-state index contributed by atoms with van der Waals surface area (Å²) in [4.78, 5) is 12.8. The van der Waals surface area contributed by atoms with Crippen molar-refractivity contribution in [1.82, 2.24) is 9.78 Å². The number of nitrogens with one attached hydrogen (secondary N) is 1. The molecule has 4 nitrogen and oxygen atoms in total. The molecule has 0 radical (unpaired) electrons. The van der Waals surface area contributed by atoms with Crippen molar-refractivity contribution in [3.8, 4) is 5.69 Å². The minimum absolute atomic E-state index is 0.00696. The highest BCUT2D eigenvalue weighted by molar-refractivity contribution is 5.96. The van der Waals surface area contributed by atoms with E-state index in [-0.39, 0.29) is 11.8 Å². The lowest BCUT2D eigenvalue weighted by molar-refractivity contribution is -0.117. The fourth-order valence-electron chi connectivity index (χ4n) is 3.11. The Bertz CT molecular complexity index is 854. The average molecular weight is 333 g/mol. The molecule has 0 aliphatic carbocycles. The molecule has 0 aliphatic rings. The molecule has 0 saturated heterocycles. The van der Waals surface area contributed by atoms with E-state index in [0.717, 1.165) is 34.7 Å². The van der Waals surface area contributed by atoms with Crippen molar-refractivity contribution in [1.29, 1.82) is 0 Å². The first-order valence-corrected chi connectivity index (χ1v) is 8.59. The first-order chi connectivity index (χ1) is 12.1. The van der Waals surface area contributed by atoms with Gasteiger partial charge >= 0.3 is 0 Å². The van der Waals surface area contributed by atoms with Crippen molar-refractivity contribution in [3.63, 3.8) is 0 Å². The van der Waals surface area contributed by atoms with Gasteiger partial charge in [0.1, 0.15) is 0 Å². The monoisotopic (exact) mass is 333 g/mol. The van der Waals surface area contributed by atoms with Gasteiger partial charge < -0.3 is 5.32 Å². The van der Waals surface area contributed by atoms with Crippen LogP contribution in [0.1, 0.15) is 36.2 Å². The maximum atomic E-state index is 12.8. The van der Waals surface area contributed by atoms with Crippen LogP contribution in [0.3, 0.4) is 0 Å². The zero-order chi connectivity index (χ0) is 17.8. The number of hydrogen-bond donors (Lipinski definition) is 1. The molecular formula is C21H23N3O. The molecule has 3 aromatic rings. The van der Waals surface area contributed by atoms with Crippen molar-refractivity contribution in [2.24, 2.45) is 0 Å². The molecule has 0 fully saturated rings. The summed E-state index contributed by atoms with van der Waals surface area (Å²) in [6.07, 6.45) is 0.751. The fourth-order valence-corrected chi connectivity index (χ4v) is 3.11. The van der Waals surface area contributed by atoms with Crippen molar-refractivity contribution in [3.05, 3.63) is 77.6 Å². The molecule has 0 saturated carbocycles. The van der Waals surface area contributed by atoms with Crippen LogP contribution in [0.25, 0.3) is 5.69 Å². The van der Waals surface area contributed by atoms with Gasteiger partial charge in [-0.05, 0) is 38.0 Å². The highest BCUT2D eigenvalue weighted by atomic mass is 16.1. The van der Waals surface area contributed by atoms with E-state index in [2.05, 4.69) is 10.4 Å². The number of benzene rings is 2. The number of carbonyl (C=O) groups is 1. The van der Waals surface area contributed by atoms with Crippen molar-refractivity contribution in [2.75, 3.05) is 5.32 Å². The Morgan fingerprint density at radius 3 is 2.24 bits per heavy atom. The maximum absolute atomic E-state index is 12.8. The van der Waals surface area contributed by atoms with Crippen LogP contribution in [0.5, 0.6) is 0 Å². The largest absolute Gasteiger partial charge is 0.322 e. The van der Waals surface area contributed by atoms with Crippen LogP contribution in [0.2, 0.25) is 0 Å². The van der Waals surface area contributed by atoms with Crippen LogP contribution >= 0.6 is 0 Å². The summed E-state index contributed by atoms with van der Waals surface area (Å²) < 4.78 is 1.87. The molecule has 1 heterocycles. The maximum Gasteiger partial charge on any atom is 0.232 e. The van der Waals surface area contributed by atoms with Gasteiger partial charge in [-0.25, -0.2) is 4.68 Å². The molecule has 25 heavy (non-hydrogen) atoms. The summed E-state index contributed by atoms with van der Waals surface area (Å²) >= 11 is 0. The molecule has 3 rings (SSSR count). The summed E-state index contributed by atoms with van der Waals surface area (Å²) in [5.74, 6) is -0.160. The van der Waals surface area contributed by atoms with Gasteiger partial charge in [-0.15, -0.1) is 0 Å². The summed E-state index contributed by atoms with van der Waals surface area (Å²) in [6.45, 7) is 5.93. The van der Waals surface area contributed by atoms with Crippen molar-refractivity contribution in [2.45, 2.75) is 33.1 Å². The Labute approximate surface area is 148 Å². The highest BCUT2D eigenvalue weighted by Gasteiger charge is 2.22. The van der Waals surface area contributed by atoms with Gasteiger partial charge in [-0.3, -0.25) is 4.79 Å². The second-order valence-electron chi connectivity index (χ2n) is 6.15. The first kappa shape index (κ1) is 17.0. The van der Waals surface area contributed by atoms with Gasteiger partial charge in [0.25, 0.3) is 0 Å². The molecule has 1 N–H and O–H groups in total. The van der Waals surface area contributed by atoms with Gasteiger partial charge in [-0.1, -0.05) is 55.5 Å². The third-order valence-electron chi connectivity index (χ3n) is 4.47. The lowest BCUT2D eigenvalue weighted by atomic mass is 9.95. The second kappa shape index (κ2) is 7.34. The van der Waals surface area contributed by atoms with Crippen molar-refractivity contribution >= 4 is 11.6 Å². The SMILES string of the molecule is CCC(C(=O)Nc1c(C)nn(-c2ccccc2)c1C)c1ccccc1. The molecule has 0 bridgehead atoms. The Hall–Kier alpha value is -2.88. The van der Waals surface area contributed by atoms with Gasteiger partial charge in [0.2, 0.25) is 5.91 Å². The molecule has 1 amide bonds. The third-order valence-corrected chi connectivity index (χ3v) is 4.47. The van der Waals surface area contributed by atoms with Gasteiger partial charge in [0.15, 0.2) is 0 Å². The lowest BCUT2D eigenvalue weighted by Gasteiger charge is -2.15. The molecule has 0 spiro atoms. The van der Waals surface area contributed by atoms with E-state index >= 15 is 0 Å². The second-order valence-corrected chi connectivity index (χ2v) is 6.15. The van der Waals surface area contributed by atoms with E-state index in [1.54, 1.807) is 0 Å². The van der Waals surface area contributed by atoms with Crippen LogP contribution in [0.4, 0.5) is 5.69 Å². The van der Waals surface area contributed by atoms with Gasteiger partial charge in [0, 0.05) is 0 Å². The van der Waals surface area contributed by atoms with Crippen LogP contribution in [-0.2, 0) is 4.79 Å². The predicted molar refractivity (Wildman–Crippen MR) is 101 cm³/mol. The summed E-state index contributed by atoms with van der Waals surface area (Å²) in [5.41, 5.74) is 4.56. The Kier molecular flexibility index (Phi) is 4.98. The Balaban J connectivity index is 1.88. The van der Waals surface area contributed by atoms with Crippen LogP contribution < -0.4 is 5.32 Å². The van der Waals surface area contributed by atoms with E-state index in [9.17, 15) is 4.79 Å². The Morgan fingerprint density at radius 1 is 1.04 bits per heavy atom. The summed E-state index contributed by atoms with van der Waals surface area (Å²) in [7, 11) is 0. The number of carbonyl (C=O) groups excluding carboxylic acids is 1. The number of para-hydroxylation sites is 1. The normalized spacial score (nSPS) is 12.0. The number of hydrogen-bond acceptors (Lipinski definition) is 2. The van der Waals surface area contributed by atoms with E-state index in [1.165, 1.54) is 0 Å². The Morgan fingerprint density at radius 2 is 1.64 bits per heavy atom. The number of amides is 1. The highest BCUT2D eigenvalue weighted by Crippen LogP contribution is 2.26. The van der Waals surface area contributed by atoms with Crippen LogP contribution in [0, 0.1) is 13.8 Å². The fraction of sp³-hybridized carbons (Fsp3) is 0.238. The number of aryl methyl sites for hydroxylation is 1. The minimum atomic E-state index is -0.167. The molecule has 2 aromatic carbocycles. The standard InChI is InChI=1S/C21H23N3O/c1-4-19(17-11-7-5-8-12-17)21(25)22-20-15(2)23-24(16(20)3)18-13-9-6-10-14-18/h5-14,19H,4H2,1-3H3,(H,22,25). The van der Waals surface area contributed by atoms with Gasteiger partial charge in [-0.2, -0.15) is 5.10 Å². The molecule has 1 atom stereocenters. The minimum Gasteiger partial charge on any atom is -0.322 e. The molecule has 1 aromatic heterocycles. The van der Waals surface area contributed by atoms with Gasteiger partial charge in [0.05, 0.1) is 28.7 Å². The zero-order valence-corrected chi connectivity index (χ0v) is 14.9. The molecule has 0 aliphatic heterocycles. The lowest BCUT2D eigenvalue weighted by Crippen LogP contribution is -2.21. The molecular weight excluding hydrogens is 310 g/mol. The molecule has 4 heteroatoms. The number of aromatic nitrogens is 2. The average Bonchev–Trinajstić information content (AvgIpc) is 2.92. The molecule has 1 unspecified atom stereocenters. The zero-order valence-electron chi connectivity index (χ0n) is 14.9. The quantitative estimate of drug-likeness (QED) is 0.740. The van der Waals surface area contributed by atoms with Crippen LogP contribution in [-0.4, -0.2) is 15.7 Å². The van der Waals surface area contributed by atoms with Crippen molar-refractivity contribution < 1.29 is 4.79 Å². The number of rotatable bonds is 5. The summed E-state index contributed by atoms with van der Waals surface area (Å²) in [5, 5.41) is 7.69. The predicted octanol–water partition coefficient (Wildman–Crippen LogP) is 4.62. The topological polar surface area (TPSA) is 46.9 Å². The van der Waals surface area contributed by atoms with E-state index in [4.69, 9.17) is 0 Å². The van der Waals surface area contributed by atoms with E-state index in [0.29, 0.717) is 0 Å². The smallest absolute Gasteiger partial charge is 0.232 e. The van der Waals surface area contributed by atoms with E-state index < -0.39 is 0 Å². The first-order valence-electron chi connectivity index (χ1n) is 8.59.